The first-order chi connectivity index (χ1) is 15.2. The quantitative estimate of drug-likeness (QED) is 0.498. The molecular formula is C27H36N4. The first-order valence-electron chi connectivity index (χ1n) is 11.8. The Morgan fingerprint density at radius 2 is 1.81 bits per heavy atom. The lowest BCUT2D eigenvalue weighted by atomic mass is 10.0. The summed E-state index contributed by atoms with van der Waals surface area (Å²) in [5.41, 5.74) is 7.46. The molecule has 2 heterocycles. The average molecular weight is 417 g/mol. The van der Waals surface area contributed by atoms with Crippen molar-refractivity contribution in [2.24, 2.45) is 5.92 Å². The van der Waals surface area contributed by atoms with Crippen LogP contribution in [0.3, 0.4) is 0 Å². The summed E-state index contributed by atoms with van der Waals surface area (Å²) in [5, 5.41) is 7.85. The number of aryl methyl sites for hydroxylation is 2. The normalized spacial score (nSPS) is 16.4. The van der Waals surface area contributed by atoms with Gasteiger partial charge in [0.2, 0.25) is 0 Å². The molecule has 31 heavy (non-hydrogen) atoms. The molecule has 0 bridgehead atoms. The van der Waals surface area contributed by atoms with E-state index in [0.29, 0.717) is 5.92 Å². The van der Waals surface area contributed by atoms with Crippen molar-refractivity contribution < 1.29 is 0 Å². The van der Waals surface area contributed by atoms with Crippen LogP contribution in [0, 0.1) is 5.92 Å². The Bertz CT molecular complexity index is 996. The van der Waals surface area contributed by atoms with Crippen LogP contribution in [0.5, 0.6) is 0 Å². The number of nitrogens with one attached hydrogen (secondary N) is 2. The second-order valence-electron chi connectivity index (χ2n) is 8.79. The maximum absolute atomic E-state index is 5.10. The molecule has 1 atom stereocenters. The van der Waals surface area contributed by atoms with Crippen LogP contribution in [0.25, 0.3) is 22.2 Å². The minimum Gasteiger partial charge on any atom is -0.371 e. The summed E-state index contributed by atoms with van der Waals surface area (Å²) < 4.78 is 0. The van der Waals surface area contributed by atoms with E-state index in [9.17, 15) is 0 Å². The van der Waals surface area contributed by atoms with Crippen molar-refractivity contribution in [2.45, 2.75) is 32.6 Å². The number of nitrogens with zero attached hydrogens (tertiary/aromatic N) is 2. The van der Waals surface area contributed by atoms with Crippen LogP contribution < -0.4 is 15.5 Å². The van der Waals surface area contributed by atoms with Gasteiger partial charge in [0.1, 0.15) is 0 Å². The van der Waals surface area contributed by atoms with E-state index in [0.717, 1.165) is 56.7 Å². The number of rotatable bonds is 9. The zero-order chi connectivity index (χ0) is 21.6. The molecule has 0 spiro atoms. The van der Waals surface area contributed by atoms with Crippen LogP contribution in [0.15, 0.2) is 48.5 Å². The van der Waals surface area contributed by atoms with Gasteiger partial charge in [-0.05, 0) is 82.0 Å². The number of hydrogen-bond donors (Lipinski definition) is 2. The number of pyridine rings is 1. The first-order valence-corrected chi connectivity index (χ1v) is 11.8. The summed E-state index contributed by atoms with van der Waals surface area (Å²) in [4.78, 5) is 7.66. The number of aromatic nitrogens is 1. The van der Waals surface area contributed by atoms with Crippen molar-refractivity contribution in [1.82, 2.24) is 15.6 Å². The van der Waals surface area contributed by atoms with E-state index in [1.54, 1.807) is 0 Å². The number of fused-ring (bicyclic) bond motifs is 1. The third kappa shape index (κ3) is 5.08. The van der Waals surface area contributed by atoms with Gasteiger partial charge in [0.25, 0.3) is 0 Å². The fourth-order valence-electron chi connectivity index (χ4n) is 4.70. The molecule has 4 heteroatoms. The highest BCUT2D eigenvalue weighted by Gasteiger charge is 2.24. The Morgan fingerprint density at radius 3 is 2.55 bits per heavy atom. The Morgan fingerprint density at radius 1 is 1.00 bits per heavy atom. The predicted octanol–water partition coefficient (Wildman–Crippen LogP) is 4.66. The molecular weight excluding hydrogens is 380 g/mol. The van der Waals surface area contributed by atoms with Gasteiger partial charge in [0, 0.05) is 29.7 Å². The topological polar surface area (TPSA) is 40.2 Å². The van der Waals surface area contributed by atoms with E-state index < -0.39 is 0 Å². The standard InChI is InChI=1S/C27H36N4/c1-4-20-9-12-24-26(16-20)30-25(17-27(24)31-15-13-22(19-31)18-29-3)23-10-7-21(8-11-23)6-5-14-28-2/h7-12,16-17,22,28-29H,4-6,13-15,18-19H2,1-3H3. The van der Waals surface area contributed by atoms with Gasteiger partial charge in [0.15, 0.2) is 0 Å². The van der Waals surface area contributed by atoms with Gasteiger partial charge in [-0.3, -0.25) is 0 Å². The SMILES string of the molecule is CCc1ccc2c(N3CCC(CNC)C3)cc(-c3ccc(CCCNC)cc3)nc2c1. The Labute approximate surface area is 187 Å². The van der Waals surface area contributed by atoms with Crippen LogP contribution >= 0.6 is 0 Å². The van der Waals surface area contributed by atoms with Crippen molar-refractivity contribution in [2.75, 3.05) is 45.2 Å². The second-order valence-corrected chi connectivity index (χ2v) is 8.79. The summed E-state index contributed by atoms with van der Waals surface area (Å²) in [6.07, 6.45) is 4.55. The zero-order valence-electron chi connectivity index (χ0n) is 19.2. The largest absolute Gasteiger partial charge is 0.371 e. The monoisotopic (exact) mass is 416 g/mol. The molecule has 1 fully saturated rings. The summed E-state index contributed by atoms with van der Waals surface area (Å²) in [5.74, 6) is 0.712. The molecule has 4 rings (SSSR count). The van der Waals surface area contributed by atoms with Gasteiger partial charge in [-0.1, -0.05) is 43.3 Å². The molecule has 0 radical (unpaired) electrons. The van der Waals surface area contributed by atoms with E-state index in [-0.39, 0.29) is 0 Å². The second kappa shape index (κ2) is 10.3. The predicted molar refractivity (Wildman–Crippen MR) is 133 cm³/mol. The number of hydrogen-bond acceptors (Lipinski definition) is 4. The lowest BCUT2D eigenvalue weighted by Crippen LogP contribution is -2.24. The molecule has 3 aromatic rings. The van der Waals surface area contributed by atoms with Gasteiger partial charge in [0.05, 0.1) is 11.2 Å². The smallest absolute Gasteiger partial charge is 0.0733 e. The molecule has 1 unspecified atom stereocenters. The van der Waals surface area contributed by atoms with Crippen LogP contribution in [0.2, 0.25) is 0 Å². The van der Waals surface area contributed by atoms with Crippen LogP contribution in [0.1, 0.15) is 30.9 Å². The van der Waals surface area contributed by atoms with Gasteiger partial charge >= 0.3 is 0 Å². The highest BCUT2D eigenvalue weighted by Crippen LogP contribution is 2.34. The summed E-state index contributed by atoms with van der Waals surface area (Å²) in [7, 11) is 4.06. The molecule has 2 aromatic carbocycles. The van der Waals surface area contributed by atoms with Crippen LogP contribution in [0.4, 0.5) is 5.69 Å². The minimum absolute atomic E-state index is 0.712. The molecule has 1 aliphatic heterocycles. The first kappa shape index (κ1) is 21.8. The van der Waals surface area contributed by atoms with Gasteiger partial charge in [-0.2, -0.15) is 0 Å². The minimum atomic E-state index is 0.712. The van der Waals surface area contributed by atoms with Crippen molar-refractivity contribution in [3.05, 3.63) is 59.7 Å². The molecule has 1 aromatic heterocycles. The zero-order valence-corrected chi connectivity index (χ0v) is 19.2. The van der Waals surface area contributed by atoms with E-state index in [1.807, 2.05) is 7.05 Å². The van der Waals surface area contributed by atoms with E-state index in [1.165, 1.54) is 34.2 Å². The van der Waals surface area contributed by atoms with Crippen LogP contribution in [-0.4, -0.2) is 45.3 Å². The Kier molecular flexibility index (Phi) is 7.21. The number of benzene rings is 2. The van der Waals surface area contributed by atoms with Gasteiger partial charge in [-0.15, -0.1) is 0 Å². The molecule has 0 aliphatic carbocycles. The van der Waals surface area contributed by atoms with Crippen molar-refractivity contribution >= 4 is 16.6 Å². The van der Waals surface area contributed by atoms with E-state index >= 15 is 0 Å². The lowest BCUT2D eigenvalue weighted by Gasteiger charge is -2.22. The van der Waals surface area contributed by atoms with Crippen molar-refractivity contribution in [3.8, 4) is 11.3 Å². The number of anilines is 1. The molecule has 2 N–H and O–H groups in total. The maximum atomic E-state index is 5.10. The summed E-state index contributed by atoms with van der Waals surface area (Å²) >= 11 is 0. The molecule has 1 aliphatic rings. The third-order valence-electron chi connectivity index (χ3n) is 6.52. The van der Waals surface area contributed by atoms with Crippen LogP contribution in [-0.2, 0) is 12.8 Å². The fraction of sp³-hybridized carbons (Fsp3) is 0.444. The maximum Gasteiger partial charge on any atom is 0.0733 e. The molecule has 1 saturated heterocycles. The highest BCUT2D eigenvalue weighted by atomic mass is 15.2. The summed E-state index contributed by atoms with van der Waals surface area (Å²) in [6, 6.07) is 18.1. The van der Waals surface area contributed by atoms with Crippen molar-refractivity contribution in [3.63, 3.8) is 0 Å². The fourth-order valence-corrected chi connectivity index (χ4v) is 4.70. The molecule has 0 amide bonds. The molecule has 164 valence electrons. The Hall–Kier alpha value is -2.43. The highest BCUT2D eigenvalue weighted by molar-refractivity contribution is 5.94. The molecule has 4 nitrogen and oxygen atoms in total. The third-order valence-corrected chi connectivity index (χ3v) is 6.52. The average Bonchev–Trinajstić information content (AvgIpc) is 3.27. The van der Waals surface area contributed by atoms with E-state index in [4.69, 9.17) is 4.98 Å². The Balaban J connectivity index is 1.68. The van der Waals surface area contributed by atoms with Gasteiger partial charge in [-0.25, -0.2) is 4.98 Å². The summed E-state index contributed by atoms with van der Waals surface area (Å²) in [6.45, 7) is 6.58. The lowest BCUT2D eigenvalue weighted by molar-refractivity contribution is 0.549. The van der Waals surface area contributed by atoms with Gasteiger partial charge < -0.3 is 15.5 Å². The van der Waals surface area contributed by atoms with E-state index in [2.05, 4.69) is 78.0 Å². The van der Waals surface area contributed by atoms with Crippen molar-refractivity contribution in [1.29, 1.82) is 0 Å². The molecule has 0 saturated carbocycles.